The number of hydrogen-bond donors (Lipinski definition) is 1. The third-order valence-corrected chi connectivity index (χ3v) is 4.73. The molecule has 3 heterocycles. The Kier molecular flexibility index (Phi) is 4.77. The zero-order valence-corrected chi connectivity index (χ0v) is 13.7. The number of rotatable bonds is 5. The topological polar surface area (TPSA) is 53.9 Å². The van der Waals surface area contributed by atoms with E-state index in [0.717, 1.165) is 30.4 Å². The first-order valence-corrected chi connectivity index (χ1v) is 8.42. The maximum absolute atomic E-state index is 5.98. The molecule has 21 heavy (non-hydrogen) atoms. The molecule has 0 aromatic carbocycles. The van der Waals surface area contributed by atoms with Crippen molar-refractivity contribution in [3.63, 3.8) is 0 Å². The quantitative estimate of drug-likeness (QED) is 0.900. The fourth-order valence-corrected chi connectivity index (χ4v) is 3.50. The Balaban J connectivity index is 1.61. The summed E-state index contributed by atoms with van der Waals surface area (Å²) >= 11 is 13.5. The van der Waals surface area contributed by atoms with E-state index in [9.17, 15) is 0 Å². The molecule has 0 spiro atoms. The molecular formula is C13H15Cl2N5S. The molecule has 0 amide bonds. The zero-order valence-electron chi connectivity index (χ0n) is 11.4. The highest BCUT2D eigenvalue weighted by Gasteiger charge is 2.16. The van der Waals surface area contributed by atoms with Gasteiger partial charge in [-0.25, -0.2) is 0 Å². The molecule has 0 radical (unpaired) electrons. The molecule has 8 heteroatoms. The average Bonchev–Trinajstić information content (AvgIpc) is 3.10. The Hall–Kier alpha value is -1.11. The van der Waals surface area contributed by atoms with Crippen LogP contribution in [0.3, 0.4) is 0 Å². The highest BCUT2D eigenvalue weighted by Crippen LogP contribution is 2.22. The van der Waals surface area contributed by atoms with Crippen LogP contribution in [0.5, 0.6) is 0 Å². The Labute approximate surface area is 137 Å². The molecular weight excluding hydrogens is 329 g/mol. The molecule has 1 N–H and O–H groups in total. The minimum atomic E-state index is 0.230. The summed E-state index contributed by atoms with van der Waals surface area (Å²) in [5.41, 5.74) is 0. The Bertz CT molecular complexity index is 612. The van der Waals surface area contributed by atoms with Gasteiger partial charge in [0, 0.05) is 24.5 Å². The molecule has 1 aliphatic heterocycles. The third kappa shape index (κ3) is 3.96. The van der Waals surface area contributed by atoms with Crippen molar-refractivity contribution in [2.75, 3.05) is 29.9 Å². The van der Waals surface area contributed by atoms with Gasteiger partial charge >= 0.3 is 0 Å². The van der Waals surface area contributed by atoms with E-state index in [0.29, 0.717) is 11.9 Å². The smallest absolute Gasteiger partial charge is 0.231 e. The van der Waals surface area contributed by atoms with Gasteiger partial charge in [0.05, 0.1) is 4.34 Å². The van der Waals surface area contributed by atoms with E-state index >= 15 is 0 Å². The van der Waals surface area contributed by atoms with E-state index in [1.807, 2.05) is 12.1 Å². The van der Waals surface area contributed by atoms with Gasteiger partial charge in [-0.3, -0.25) is 0 Å². The van der Waals surface area contributed by atoms with Crippen LogP contribution in [-0.4, -0.2) is 34.6 Å². The summed E-state index contributed by atoms with van der Waals surface area (Å²) < 4.78 is 0.810. The van der Waals surface area contributed by atoms with Crippen molar-refractivity contribution in [2.45, 2.75) is 19.3 Å². The zero-order chi connectivity index (χ0) is 14.7. The lowest BCUT2D eigenvalue weighted by Gasteiger charge is -2.15. The van der Waals surface area contributed by atoms with Gasteiger partial charge in [0.15, 0.2) is 0 Å². The second kappa shape index (κ2) is 6.77. The number of nitrogens with zero attached hydrogens (tertiary/aromatic N) is 4. The third-order valence-electron chi connectivity index (χ3n) is 3.27. The van der Waals surface area contributed by atoms with E-state index < -0.39 is 0 Å². The average molecular weight is 344 g/mol. The Morgan fingerprint density at radius 1 is 1.14 bits per heavy atom. The fourth-order valence-electron chi connectivity index (χ4n) is 2.26. The van der Waals surface area contributed by atoms with Crippen molar-refractivity contribution in [1.29, 1.82) is 0 Å². The van der Waals surface area contributed by atoms with Gasteiger partial charge in [-0.05, 0) is 43.0 Å². The summed E-state index contributed by atoms with van der Waals surface area (Å²) in [5.74, 6) is 1.19. The number of thiophene rings is 1. The van der Waals surface area contributed by atoms with E-state index in [1.54, 1.807) is 11.3 Å². The predicted octanol–water partition coefficient (Wildman–Crippen LogP) is 3.49. The molecule has 0 aliphatic carbocycles. The summed E-state index contributed by atoms with van der Waals surface area (Å²) in [7, 11) is 0. The molecule has 1 saturated heterocycles. The molecule has 1 aliphatic rings. The Morgan fingerprint density at radius 2 is 1.95 bits per heavy atom. The van der Waals surface area contributed by atoms with Gasteiger partial charge in [-0.1, -0.05) is 11.6 Å². The van der Waals surface area contributed by atoms with E-state index in [2.05, 4.69) is 25.2 Å². The van der Waals surface area contributed by atoms with Gasteiger partial charge in [-0.15, -0.1) is 11.3 Å². The molecule has 0 atom stereocenters. The minimum Gasteiger partial charge on any atom is -0.354 e. The van der Waals surface area contributed by atoms with Crippen LogP contribution in [-0.2, 0) is 6.42 Å². The maximum atomic E-state index is 5.98. The second-order valence-corrected chi connectivity index (χ2v) is 6.94. The van der Waals surface area contributed by atoms with Crippen molar-refractivity contribution in [1.82, 2.24) is 15.0 Å². The standard InChI is InChI=1S/C13H15Cl2N5S/c14-10-4-3-9(21-10)5-6-16-12-17-11(15)18-13(19-12)20-7-1-2-8-20/h3-4H,1-2,5-8H2,(H,16,17,18,19). The number of halogens is 2. The highest BCUT2D eigenvalue weighted by molar-refractivity contribution is 7.16. The van der Waals surface area contributed by atoms with Gasteiger partial charge in [0.1, 0.15) is 0 Å². The first-order chi connectivity index (χ1) is 10.2. The van der Waals surface area contributed by atoms with Crippen molar-refractivity contribution >= 4 is 46.4 Å². The summed E-state index contributed by atoms with van der Waals surface area (Å²) in [6.45, 7) is 2.69. The van der Waals surface area contributed by atoms with Crippen LogP contribution in [0.15, 0.2) is 12.1 Å². The minimum absolute atomic E-state index is 0.230. The van der Waals surface area contributed by atoms with Crippen molar-refractivity contribution in [3.8, 4) is 0 Å². The van der Waals surface area contributed by atoms with Crippen LogP contribution >= 0.6 is 34.5 Å². The lowest BCUT2D eigenvalue weighted by molar-refractivity contribution is 0.874. The predicted molar refractivity (Wildman–Crippen MR) is 87.8 cm³/mol. The Morgan fingerprint density at radius 3 is 2.67 bits per heavy atom. The van der Waals surface area contributed by atoms with Gasteiger partial charge < -0.3 is 10.2 Å². The van der Waals surface area contributed by atoms with E-state index in [-0.39, 0.29) is 5.28 Å². The molecule has 0 unspecified atom stereocenters. The van der Waals surface area contributed by atoms with Gasteiger partial charge in [0.25, 0.3) is 0 Å². The van der Waals surface area contributed by atoms with Crippen LogP contribution < -0.4 is 10.2 Å². The van der Waals surface area contributed by atoms with Crippen molar-refractivity contribution in [2.24, 2.45) is 0 Å². The van der Waals surface area contributed by atoms with E-state index in [1.165, 1.54) is 17.7 Å². The monoisotopic (exact) mass is 343 g/mol. The van der Waals surface area contributed by atoms with E-state index in [4.69, 9.17) is 23.2 Å². The van der Waals surface area contributed by atoms with Crippen LogP contribution in [0, 0.1) is 0 Å². The molecule has 3 rings (SSSR count). The SMILES string of the molecule is Clc1nc(NCCc2ccc(Cl)s2)nc(N2CCCC2)n1. The molecule has 5 nitrogen and oxygen atoms in total. The maximum Gasteiger partial charge on any atom is 0.231 e. The summed E-state index contributed by atoms with van der Waals surface area (Å²) in [5, 5.41) is 3.43. The van der Waals surface area contributed by atoms with Crippen LogP contribution in [0.1, 0.15) is 17.7 Å². The molecule has 112 valence electrons. The van der Waals surface area contributed by atoms with Gasteiger partial charge in [-0.2, -0.15) is 15.0 Å². The lowest BCUT2D eigenvalue weighted by atomic mass is 10.3. The normalized spacial score (nSPS) is 14.7. The molecule has 2 aromatic rings. The van der Waals surface area contributed by atoms with Crippen LogP contribution in [0.25, 0.3) is 0 Å². The lowest BCUT2D eigenvalue weighted by Crippen LogP contribution is -2.21. The van der Waals surface area contributed by atoms with Crippen molar-refractivity contribution in [3.05, 3.63) is 26.6 Å². The summed E-state index contributed by atoms with van der Waals surface area (Å²) in [4.78, 5) is 16.1. The summed E-state index contributed by atoms with van der Waals surface area (Å²) in [6, 6.07) is 3.94. The largest absolute Gasteiger partial charge is 0.354 e. The van der Waals surface area contributed by atoms with Gasteiger partial charge in [0.2, 0.25) is 17.2 Å². The van der Waals surface area contributed by atoms with Crippen LogP contribution in [0.4, 0.5) is 11.9 Å². The molecule has 1 fully saturated rings. The van der Waals surface area contributed by atoms with Crippen molar-refractivity contribution < 1.29 is 0 Å². The number of aromatic nitrogens is 3. The number of hydrogen-bond acceptors (Lipinski definition) is 6. The number of anilines is 2. The molecule has 2 aromatic heterocycles. The first-order valence-electron chi connectivity index (χ1n) is 6.85. The molecule has 0 saturated carbocycles. The van der Waals surface area contributed by atoms with Crippen LogP contribution in [0.2, 0.25) is 9.62 Å². The number of nitrogens with one attached hydrogen (secondary N) is 1. The summed E-state index contributed by atoms with van der Waals surface area (Å²) in [6.07, 6.45) is 3.22. The molecule has 0 bridgehead atoms. The highest BCUT2D eigenvalue weighted by atomic mass is 35.5. The fraction of sp³-hybridized carbons (Fsp3) is 0.462. The first kappa shape index (κ1) is 14.8. The second-order valence-electron chi connectivity index (χ2n) is 4.80.